The first kappa shape index (κ1) is 15.9. The summed E-state index contributed by atoms with van der Waals surface area (Å²) in [6.45, 7) is -0.408. The van der Waals surface area contributed by atoms with E-state index in [0.29, 0.717) is 6.20 Å². The SMILES string of the molecule is [2H]C([2H])(OC(=O)[C@@H](N)C(C)C)[C@]1(F)C[C@@H](O)[C@]([2H])(n2cc(C=O)c(=O)[nH]c2=O)O1. The smallest absolute Gasteiger partial charge is 0.330 e. The maximum atomic E-state index is 15.3. The Morgan fingerprint density at radius 3 is 2.96 bits per heavy atom. The molecule has 10 nitrogen and oxygen atoms in total. The van der Waals surface area contributed by atoms with Crippen LogP contribution in [0.15, 0.2) is 15.8 Å². The van der Waals surface area contributed by atoms with Gasteiger partial charge >= 0.3 is 11.7 Å². The van der Waals surface area contributed by atoms with Crippen molar-refractivity contribution >= 4 is 12.3 Å². The molecule has 26 heavy (non-hydrogen) atoms. The van der Waals surface area contributed by atoms with E-state index in [9.17, 15) is 24.3 Å². The molecule has 0 saturated carbocycles. The zero-order valence-corrected chi connectivity index (χ0v) is 13.9. The Balaban J connectivity index is 2.43. The molecule has 4 N–H and O–H groups in total. The number of nitrogens with zero attached hydrogens (tertiary/aromatic N) is 1. The van der Waals surface area contributed by atoms with Crippen LogP contribution < -0.4 is 17.0 Å². The lowest BCUT2D eigenvalue weighted by atomic mass is 10.1. The molecule has 2 heterocycles. The minimum Gasteiger partial charge on any atom is -0.458 e. The number of hydrogen-bond acceptors (Lipinski definition) is 8. The van der Waals surface area contributed by atoms with Gasteiger partial charge in [0.15, 0.2) is 19.0 Å². The van der Waals surface area contributed by atoms with Crippen LogP contribution in [0.2, 0.25) is 0 Å². The summed E-state index contributed by atoms with van der Waals surface area (Å²) >= 11 is 0. The molecule has 0 aliphatic carbocycles. The third-order valence-corrected chi connectivity index (χ3v) is 3.64. The lowest BCUT2D eigenvalue weighted by Gasteiger charge is -2.22. The number of aromatic amines is 1. The first-order chi connectivity index (χ1) is 13.2. The summed E-state index contributed by atoms with van der Waals surface area (Å²) in [5.41, 5.74) is 2.51. The molecule has 1 fully saturated rings. The van der Waals surface area contributed by atoms with Crippen molar-refractivity contribution in [3.63, 3.8) is 0 Å². The Bertz CT molecular complexity index is 936. The molecule has 144 valence electrons. The maximum Gasteiger partial charge on any atom is 0.330 e. The van der Waals surface area contributed by atoms with Crippen molar-refractivity contribution in [3.8, 4) is 0 Å². The number of carbonyl (C=O) groups is 2. The van der Waals surface area contributed by atoms with Gasteiger partial charge in [-0.15, -0.1) is 0 Å². The van der Waals surface area contributed by atoms with Crippen molar-refractivity contribution in [2.24, 2.45) is 11.7 Å². The van der Waals surface area contributed by atoms with Gasteiger partial charge in [0.05, 0.1) is 9.68 Å². The molecule has 1 aliphatic heterocycles. The maximum absolute atomic E-state index is 15.3. The van der Waals surface area contributed by atoms with E-state index in [-0.39, 0.29) is 10.9 Å². The van der Waals surface area contributed by atoms with E-state index in [1.807, 2.05) is 0 Å². The first-order valence-electron chi connectivity index (χ1n) is 9.06. The number of aliphatic hydroxyl groups is 1. The second-order valence-electron chi connectivity index (χ2n) is 6.01. The summed E-state index contributed by atoms with van der Waals surface area (Å²) < 4.78 is 48.4. The van der Waals surface area contributed by atoms with Gasteiger partial charge < -0.3 is 20.3 Å². The van der Waals surface area contributed by atoms with Gasteiger partial charge in [-0.2, -0.15) is 0 Å². The normalized spacial score (nSPS) is 31.8. The number of ether oxygens (including phenoxy) is 2. The molecule has 0 aromatic carbocycles. The average Bonchev–Trinajstić information content (AvgIpc) is 2.84. The van der Waals surface area contributed by atoms with Gasteiger partial charge in [0.25, 0.3) is 5.56 Å². The molecule has 0 unspecified atom stereocenters. The van der Waals surface area contributed by atoms with Crippen molar-refractivity contribution in [1.29, 1.82) is 0 Å². The van der Waals surface area contributed by atoms with Crippen molar-refractivity contribution in [1.82, 2.24) is 9.55 Å². The summed E-state index contributed by atoms with van der Waals surface area (Å²) in [5, 5.41) is 10.2. The molecule has 0 spiro atoms. The number of esters is 1. The molecule has 0 amide bonds. The van der Waals surface area contributed by atoms with E-state index < -0.39 is 65.9 Å². The molecule has 11 heteroatoms. The highest BCUT2D eigenvalue weighted by molar-refractivity contribution is 5.75. The third-order valence-electron chi connectivity index (χ3n) is 3.64. The minimum absolute atomic E-state index is 0.0521. The van der Waals surface area contributed by atoms with Crippen LogP contribution in [0.3, 0.4) is 0 Å². The number of nitrogens with one attached hydrogen (secondary N) is 1. The van der Waals surface area contributed by atoms with Gasteiger partial charge in [-0.05, 0) is 5.92 Å². The van der Waals surface area contributed by atoms with Crippen LogP contribution in [0.25, 0.3) is 0 Å². The number of rotatable bonds is 6. The average molecular weight is 376 g/mol. The van der Waals surface area contributed by atoms with Gasteiger partial charge in [0.1, 0.15) is 12.1 Å². The molecule has 0 bridgehead atoms. The molecule has 1 aliphatic rings. The third kappa shape index (κ3) is 4.06. The van der Waals surface area contributed by atoms with Crippen LogP contribution in [0, 0.1) is 5.92 Å². The minimum atomic E-state index is -3.56. The molecular weight excluding hydrogens is 353 g/mol. The number of aliphatic hydroxyl groups excluding tert-OH is 1. The van der Waals surface area contributed by atoms with E-state index in [4.69, 9.17) is 14.6 Å². The molecule has 4 atom stereocenters. The van der Waals surface area contributed by atoms with Crippen LogP contribution in [-0.4, -0.2) is 51.5 Å². The first-order valence-corrected chi connectivity index (χ1v) is 7.56. The molecule has 2 rings (SSSR count). The van der Waals surface area contributed by atoms with Gasteiger partial charge in [-0.1, -0.05) is 13.8 Å². The van der Waals surface area contributed by atoms with E-state index in [1.165, 1.54) is 0 Å². The standard InChI is InChI=1S/C15H20FN3O7/c1-7(2)10(17)13(23)25-6-15(16)3-9(21)12(26-15)19-4-8(5-20)11(22)18-14(19)24/h4-5,7,9-10,12,21H,3,6,17H2,1-2H3,(H,18,22,24)/t9-,10+,12-,15+/m1/s1/i6D2,12D. The van der Waals surface area contributed by atoms with Gasteiger partial charge in [0.2, 0.25) is 5.85 Å². The predicted octanol–water partition coefficient (Wildman–Crippen LogP) is -1.18. The van der Waals surface area contributed by atoms with Crippen molar-refractivity contribution < 1.29 is 32.7 Å². The molecule has 0 radical (unpaired) electrons. The van der Waals surface area contributed by atoms with Crippen LogP contribution >= 0.6 is 0 Å². The summed E-state index contributed by atoms with van der Waals surface area (Å²) in [6.07, 6.45) is -5.73. The summed E-state index contributed by atoms with van der Waals surface area (Å²) in [7, 11) is 0. The Labute approximate surface area is 150 Å². The highest BCUT2D eigenvalue weighted by Crippen LogP contribution is 2.37. The Hall–Kier alpha value is -2.37. The number of carbonyl (C=O) groups excluding carboxylic acids is 2. The highest BCUT2D eigenvalue weighted by Gasteiger charge is 2.49. The van der Waals surface area contributed by atoms with Crippen molar-refractivity contribution in [2.45, 2.75) is 44.5 Å². The van der Waals surface area contributed by atoms with E-state index in [2.05, 4.69) is 4.74 Å². The lowest BCUT2D eigenvalue weighted by molar-refractivity contribution is -0.196. The Morgan fingerprint density at radius 1 is 1.73 bits per heavy atom. The summed E-state index contributed by atoms with van der Waals surface area (Å²) in [6, 6.07) is -1.28. The van der Waals surface area contributed by atoms with Crippen LogP contribution in [0.5, 0.6) is 0 Å². The fourth-order valence-corrected chi connectivity index (χ4v) is 2.08. The van der Waals surface area contributed by atoms with Gasteiger partial charge in [0, 0.05) is 12.6 Å². The topological polar surface area (TPSA) is 154 Å². The second kappa shape index (κ2) is 7.48. The van der Waals surface area contributed by atoms with Crippen LogP contribution in [0.1, 0.15) is 40.9 Å². The number of aromatic nitrogens is 2. The van der Waals surface area contributed by atoms with E-state index in [0.717, 1.165) is 0 Å². The van der Waals surface area contributed by atoms with E-state index in [1.54, 1.807) is 18.8 Å². The quantitative estimate of drug-likeness (QED) is 0.414. The number of alkyl halides is 1. The number of halogens is 1. The van der Waals surface area contributed by atoms with Gasteiger partial charge in [-0.3, -0.25) is 23.9 Å². The fraction of sp³-hybridized carbons (Fsp3) is 0.600. The summed E-state index contributed by atoms with van der Waals surface area (Å²) in [4.78, 5) is 48.0. The zero-order chi connectivity index (χ0) is 22.4. The highest BCUT2D eigenvalue weighted by atomic mass is 19.2. The Kier molecular flexibility index (Phi) is 4.56. The van der Waals surface area contributed by atoms with Crippen molar-refractivity contribution in [2.75, 3.05) is 6.56 Å². The number of hydrogen-bond donors (Lipinski definition) is 3. The molecule has 1 aromatic rings. The second-order valence-corrected chi connectivity index (χ2v) is 6.01. The zero-order valence-electron chi connectivity index (χ0n) is 16.9. The number of aldehydes is 1. The van der Waals surface area contributed by atoms with Crippen molar-refractivity contribution in [3.05, 3.63) is 32.6 Å². The number of nitrogens with two attached hydrogens (primary N) is 1. The fourth-order valence-electron chi connectivity index (χ4n) is 2.08. The molecule has 1 saturated heterocycles. The lowest BCUT2D eigenvalue weighted by Crippen LogP contribution is -2.40. The Morgan fingerprint density at radius 2 is 2.38 bits per heavy atom. The monoisotopic (exact) mass is 376 g/mol. The largest absolute Gasteiger partial charge is 0.458 e. The molecule has 1 aromatic heterocycles. The van der Waals surface area contributed by atoms with E-state index >= 15 is 4.39 Å². The van der Waals surface area contributed by atoms with Crippen LogP contribution in [-0.2, 0) is 14.3 Å². The molecular formula is C15H20FN3O7. The van der Waals surface area contributed by atoms with Crippen LogP contribution in [0.4, 0.5) is 4.39 Å². The van der Waals surface area contributed by atoms with Gasteiger partial charge in [-0.25, -0.2) is 9.18 Å². The predicted molar refractivity (Wildman–Crippen MR) is 85.1 cm³/mol. The number of H-pyrrole nitrogens is 1. The summed E-state index contributed by atoms with van der Waals surface area (Å²) in [5.74, 6) is -5.30.